The van der Waals surface area contributed by atoms with Crippen molar-refractivity contribution in [1.82, 2.24) is 5.32 Å². The highest BCUT2D eigenvalue weighted by atomic mass is 32.1. The van der Waals surface area contributed by atoms with E-state index in [2.05, 4.69) is 17.5 Å². The van der Waals surface area contributed by atoms with Gasteiger partial charge in [0, 0.05) is 18.5 Å². The highest BCUT2D eigenvalue weighted by Gasteiger charge is 1.95. The average Bonchev–Trinajstić information content (AvgIpc) is 2.26. The fourth-order valence-electron chi connectivity index (χ4n) is 1.11. The van der Waals surface area contributed by atoms with Crippen molar-refractivity contribution in [3.8, 4) is 0 Å². The van der Waals surface area contributed by atoms with E-state index in [1.165, 1.54) is 5.37 Å². The van der Waals surface area contributed by atoms with Crippen molar-refractivity contribution < 1.29 is 0 Å². The number of nitrogens with two attached hydrogens (primary N) is 1. The summed E-state index contributed by atoms with van der Waals surface area (Å²) in [7, 11) is 0. The lowest BCUT2D eigenvalue weighted by molar-refractivity contribution is 0.912. The molecule has 14 heavy (non-hydrogen) atoms. The van der Waals surface area contributed by atoms with Gasteiger partial charge in [-0.3, -0.25) is 5.41 Å². The molecule has 0 amide bonds. The first-order chi connectivity index (χ1) is 6.76. The highest BCUT2D eigenvalue weighted by Crippen LogP contribution is 2.03. The molecule has 1 aromatic rings. The molecule has 3 nitrogen and oxygen atoms in total. The maximum atomic E-state index is 7.29. The second-order valence-corrected chi connectivity index (χ2v) is 3.14. The summed E-state index contributed by atoms with van der Waals surface area (Å²) in [5.41, 5.74) is 7.72. The van der Waals surface area contributed by atoms with Crippen LogP contribution in [0.1, 0.15) is 11.1 Å². The molecule has 0 bridgehead atoms. The van der Waals surface area contributed by atoms with E-state index in [0.717, 1.165) is 11.1 Å². The Labute approximate surface area is 88.8 Å². The lowest BCUT2D eigenvalue weighted by Gasteiger charge is -2.05. The average molecular weight is 207 g/mol. The summed E-state index contributed by atoms with van der Waals surface area (Å²) >= 11 is 4.61. The second-order valence-electron chi connectivity index (χ2n) is 2.91. The van der Waals surface area contributed by atoms with Crippen LogP contribution < -0.4 is 11.1 Å². The molecule has 4 N–H and O–H groups in total. The molecule has 0 aliphatic rings. The van der Waals surface area contributed by atoms with Gasteiger partial charge in [0.05, 0.1) is 0 Å². The molecule has 0 aromatic heterocycles. The Morgan fingerprint density at radius 3 is 2.86 bits per heavy atom. The van der Waals surface area contributed by atoms with Crippen molar-refractivity contribution in [3.05, 3.63) is 35.4 Å². The first-order valence-electron chi connectivity index (χ1n) is 4.31. The maximum absolute atomic E-state index is 7.29. The zero-order valence-electron chi connectivity index (χ0n) is 7.79. The van der Waals surface area contributed by atoms with E-state index in [4.69, 9.17) is 11.1 Å². The van der Waals surface area contributed by atoms with Crippen LogP contribution in [0, 0.1) is 5.41 Å². The minimum absolute atomic E-state index is 0.262. The molecule has 0 fully saturated rings. The van der Waals surface area contributed by atoms with E-state index in [9.17, 15) is 0 Å². The summed E-state index contributed by atoms with van der Waals surface area (Å²) in [5, 5.41) is 11.5. The zero-order chi connectivity index (χ0) is 10.4. The normalized spacial score (nSPS) is 9.50. The Morgan fingerprint density at radius 1 is 1.50 bits per heavy atom. The molecule has 0 unspecified atom stereocenters. The number of thiocarbonyl (C=S) groups is 1. The van der Waals surface area contributed by atoms with Gasteiger partial charge >= 0.3 is 0 Å². The summed E-state index contributed by atoms with van der Waals surface area (Å²) in [6.07, 6.45) is 0. The second kappa shape index (κ2) is 5.47. The number of nitrogens with one attached hydrogen (secondary N) is 2. The third-order valence-corrected chi connectivity index (χ3v) is 2.06. The Morgan fingerprint density at radius 2 is 2.21 bits per heavy atom. The third kappa shape index (κ3) is 3.24. The summed E-state index contributed by atoms with van der Waals surface area (Å²) in [6.45, 7) is 1.15. The first-order valence-corrected chi connectivity index (χ1v) is 4.79. The minimum atomic E-state index is 0.262. The van der Waals surface area contributed by atoms with Crippen molar-refractivity contribution >= 4 is 23.4 Å². The van der Waals surface area contributed by atoms with Gasteiger partial charge in [-0.05, 0) is 11.1 Å². The van der Waals surface area contributed by atoms with Gasteiger partial charge in [-0.2, -0.15) is 0 Å². The van der Waals surface area contributed by atoms with E-state index in [-0.39, 0.29) is 5.84 Å². The molecule has 0 aliphatic carbocycles. The monoisotopic (exact) mass is 207 g/mol. The molecule has 74 valence electrons. The van der Waals surface area contributed by atoms with Crippen LogP contribution in [-0.4, -0.2) is 11.2 Å². The molecule has 0 radical (unpaired) electrons. The third-order valence-electron chi connectivity index (χ3n) is 1.83. The first kappa shape index (κ1) is 10.8. The summed E-state index contributed by atoms with van der Waals surface area (Å²) in [4.78, 5) is 0. The number of hydrogen-bond acceptors (Lipinski definition) is 3. The topological polar surface area (TPSA) is 61.9 Å². The summed E-state index contributed by atoms with van der Waals surface area (Å²) in [5.74, 6) is 0.262. The number of amidine groups is 1. The van der Waals surface area contributed by atoms with Crippen LogP contribution in [0.5, 0.6) is 0 Å². The predicted octanol–water partition coefficient (Wildman–Crippen LogP) is 1.21. The van der Waals surface area contributed by atoms with E-state index < -0.39 is 0 Å². The van der Waals surface area contributed by atoms with E-state index in [1.807, 2.05) is 24.3 Å². The van der Waals surface area contributed by atoms with Crippen molar-refractivity contribution in [2.24, 2.45) is 5.73 Å². The van der Waals surface area contributed by atoms with Crippen LogP contribution in [0.3, 0.4) is 0 Å². The molecule has 0 atom stereocenters. The van der Waals surface area contributed by atoms with Crippen molar-refractivity contribution in [2.75, 3.05) is 0 Å². The largest absolute Gasteiger partial charge is 0.366 e. The van der Waals surface area contributed by atoms with Gasteiger partial charge in [0.15, 0.2) is 0 Å². The van der Waals surface area contributed by atoms with Crippen LogP contribution in [0.4, 0.5) is 0 Å². The lowest BCUT2D eigenvalue weighted by Crippen LogP contribution is -2.22. The van der Waals surface area contributed by atoms with E-state index >= 15 is 0 Å². The molecular formula is C10H13N3S. The van der Waals surface area contributed by atoms with Crippen LogP contribution in [0.15, 0.2) is 24.3 Å². The Kier molecular flexibility index (Phi) is 4.22. The fourth-order valence-corrected chi connectivity index (χ4v) is 1.19. The standard InChI is InChI=1S/C10H13N3S/c11-5-8-2-1-3-9(4-8)6-13-10(12)7-14/h1-4,7H,5-6,11H2,(H2,12,13). The maximum Gasteiger partial charge on any atom is 0.129 e. The number of hydrogen-bond donors (Lipinski definition) is 3. The van der Waals surface area contributed by atoms with Crippen LogP contribution in [0.2, 0.25) is 0 Å². The SMILES string of the molecule is N=C(C=S)NCc1cccc(CN)c1. The molecule has 1 rings (SSSR count). The zero-order valence-corrected chi connectivity index (χ0v) is 8.60. The van der Waals surface area contributed by atoms with Crippen molar-refractivity contribution in [1.29, 1.82) is 5.41 Å². The Bertz CT molecular complexity index is 336. The molecule has 4 heteroatoms. The van der Waals surface area contributed by atoms with Gasteiger partial charge in [-0.15, -0.1) is 0 Å². The van der Waals surface area contributed by atoms with Gasteiger partial charge in [0.1, 0.15) is 5.84 Å². The Hall–Kier alpha value is -1.26. The quantitative estimate of drug-likeness (QED) is 0.395. The van der Waals surface area contributed by atoms with Gasteiger partial charge in [-0.1, -0.05) is 36.5 Å². The molecule has 1 aromatic carbocycles. The van der Waals surface area contributed by atoms with E-state index in [0.29, 0.717) is 13.1 Å². The van der Waals surface area contributed by atoms with Crippen molar-refractivity contribution in [3.63, 3.8) is 0 Å². The summed E-state index contributed by atoms with van der Waals surface area (Å²) < 4.78 is 0. The lowest BCUT2D eigenvalue weighted by atomic mass is 10.1. The van der Waals surface area contributed by atoms with Gasteiger partial charge in [0.25, 0.3) is 0 Å². The van der Waals surface area contributed by atoms with Gasteiger partial charge < -0.3 is 11.1 Å². The minimum Gasteiger partial charge on any atom is -0.366 e. The van der Waals surface area contributed by atoms with Crippen LogP contribution in [-0.2, 0) is 13.1 Å². The molecular weight excluding hydrogens is 194 g/mol. The number of benzene rings is 1. The molecule has 0 saturated heterocycles. The Balaban J connectivity index is 2.58. The van der Waals surface area contributed by atoms with Crippen LogP contribution >= 0.6 is 12.2 Å². The fraction of sp³-hybridized carbons (Fsp3) is 0.200. The smallest absolute Gasteiger partial charge is 0.129 e. The van der Waals surface area contributed by atoms with Crippen LogP contribution in [0.25, 0.3) is 0 Å². The highest BCUT2D eigenvalue weighted by molar-refractivity contribution is 7.80. The molecule has 0 saturated carbocycles. The predicted molar refractivity (Wildman–Crippen MR) is 62.6 cm³/mol. The van der Waals surface area contributed by atoms with Gasteiger partial charge in [0.2, 0.25) is 0 Å². The van der Waals surface area contributed by atoms with Gasteiger partial charge in [-0.25, -0.2) is 0 Å². The number of rotatable bonds is 4. The van der Waals surface area contributed by atoms with Crippen molar-refractivity contribution in [2.45, 2.75) is 13.1 Å². The molecule has 0 aliphatic heterocycles. The molecule has 0 spiro atoms. The summed E-state index contributed by atoms with van der Waals surface area (Å²) in [6, 6.07) is 7.95. The molecule has 0 heterocycles. The van der Waals surface area contributed by atoms with E-state index in [1.54, 1.807) is 0 Å².